The van der Waals surface area contributed by atoms with Crippen LogP contribution in [0.15, 0.2) is 18.2 Å². The molecule has 3 nitrogen and oxygen atoms in total. The second kappa shape index (κ2) is 7.09. The van der Waals surface area contributed by atoms with Crippen LogP contribution < -0.4 is 10.1 Å². The molecule has 0 saturated carbocycles. The number of piperidine rings is 1. The molecule has 1 heterocycles. The number of aryl methyl sites for hydroxylation is 1. The minimum atomic E-state index is 0.337. The van der Waals surface area contributed by atoms with E-state index in [1.54, 1.807) is 7.11 Å². The third-order valence-electron chi connectivity index (χ3n) is 4.38. The number of hydrogen-bond donors (Lipinski definition) is 1. The lowest BCUT2D eigenvalue weighted by atomic mass is 10.0. The van der Waals surface area contributed by atoms with E-state index >= 15 is 0 Å². The third kappa shape index (κ3) is 3.74. The molecule has 1 N–H and O–H groups in total. The number of methoxy groups -OCH3 is 1. The van der Waals surface area contributed by atoms with E-state index in [4.69, 9.17) is 4.74 Å². The summed E-state index contributed by atoms with van der Waals surface area (Å²) in [4.78, 5) is 2.52. The van der Waals surface area contributed by atoms with Gasteiger partial charge >= 0.3 is 0 Å². The van der Waals surface area contributed by atoms with E-state index < -0.39 is 0 Å². The average Bonchev–Trinajstić information content (AvgIpc) is 2.47. The van der Waals surface area contributed by atoms with Gasteiger partial charge in [-0.3, -0.25) is 0 Å². The molecule has 1 unspecified atom stereocenters. The van der Waals surface area contributed by atoms with Gasteiger partial charge in [-0.25, -0.2) is 0 Å². The minimum Gasteiger partial charge on any atom is -0.496 e. The molecule has 1 aromatic carbocycles. The summed E-state index contributed by atoms with van der Waals surface area (Å²) in [5.41, 5.74) is 2.50. The first-order valence-corrected chi connectivity index (χ1v) is 7.77. The predicted octanol–water partition coefficient (Wildman–Crippen LogP) is 3.14. The van der Waals surface area contributed by atoms with Crippen molar-refractivity contribution in [2.45, 2.75) is 45.7 Å². The Morgan fingerprint density at radius 1 is 1.35 bits per heavy atom. The molecule has 1 aliphatic heterocycles. The Labute approximate surface area is 123 Å². The van der Waals surface area contributed by atoms with E-state index in [1.165, 1.54) is 43.6 Å². The van der Waals surface area contributed by atoms with Crippen LogP contribution in [-0.4, -0.2) is 37.7 Å². The van der Waals surface area contributed by atoms with Crippen LogP contribution in [0.3, 0.4) is 0 Å². The number of ether oxygens (including phenoxy) is 1. The molecule has 0 aliphatic carbocycles. The standard InChI is InChI=1S/C17H28N2O/c1-5-19-10-8-15(9-11-19)18-14(3)16-7-6-13(2)12-17(16)20-4/h6-7,12,14-15,18H,5,8-11H2,1-4H3. The fourth-order valence-corrected chi connectivity index (χ4v) is 3.04. The highest BCUT2D eigenvalue weighted by atomic mass is 16.5. The van der Waals surface area contributed by atoms with Crippen molar-refractivity contribution < 1.29 is 4.74 Å². The largest absolute Gasteiger partial charge is 0.496 e. The highest BCUT2D eigenvalue weighted by Crippen LogP contribution is 2.27. The smallest absolute Gasteiger partial charge is 0.123 e. The maximum atomic E-state index is 5.52. The average molecular weight is 276 g/mol. The molecule has 1 aromatic rings. The van der Waals surface area contributed by atoms with E-state index in [-0.39, 0.29) is 0 Å². The van der Waals surface area contributed by atoms with Gasteiger partial charge in [0.1, 0.15) is 5.75 Å². The zero-order valence-corrected chi connectivity index (χ0v) is 13.3. The molecule has 1 fully saturated rings. The van der Waals surface area contributed by atoms with Gasteiger partial charge in [0.15, 0.2) is 0 Å². The lowest BCUT2D eigenvalue weighted by Crippen LogP contribution is -2.43. The second-order valence-electron chi connectivity index (χ2n) is 5.84. The molecule has 1 saturated heterocycles. The van der Waals surface area contributed by atoms with Gasteiger partial charge in [0.05, 0.1) is 7.11 Å². The van der Waals surface area contributed by atoms with E-state index in [0.717, 1.165) is 5.75 Å². The zero-order chi connectivity index (χ0) is 14.5. The van der Waals surface area contributed by atoms with Gasteiger partial charge in [-0.2, -0.15) is 0 Å². The Kier molecular flexibility index (Phi) is 5.44. The Hall–Kier alpha value is -1.06. The topological polar surface area (TPSA) is 24.5 Å². The predicted molar refractivity (Wildman–Crippen MR) is 84.4 cm³/mol. The summed E-state index contributed by atoms with van der Waals surface area (Å²) in [6, 6.07) is 7.43. The molecule has 3 heteroatoms. The van der Waals surface area contributed by atoms with Crippen molar-refractivity contribution >= 4 is 0 Å². The number of hydrogen-bond acceptors (Lipinski definition) is 3. The van der Waals surface area contributed by atoms with Gasteiger partial charge in [0.25, 0.3) is 0 Å². The van der Waals surface area contributed by atoms with Crippen molar-refractivity contribution in [3.05, 3.63) is 29.3 Å². The summed E-state index contributed by atoms with van der Waals surface area (Å²) in [5.74, 6) is 0.996. The summed E-state index contributed by atoms with van der Waals surface area (Å²) in [6.45, 7) is 10.2. The molecule has 1 atom stereocenters. The number of likely N-dealkylation sites (tertiary alicyclic amines) is 1. The Morgan fingerprint density at radius 2 is 2.05 bits per heavy atom. The van der Waals surface area contributed by atoms with Gasteiger partial charge in [0, 0.05) is 17.6 Å². The monoisotopic (exact) mass is 276 g/mol. The van der Waals surface area contributed by atoms with Crippen LogP contribution >= 0.6 is 0 Å². The number of nitrogens with zero attached hydrogens (tertiary/aromatic N) is 1. The highest BCUT2D eigenvalue weighted by molar-refractivity contribution is 5.39. The summed E-state index contributed by atoms with van der Waals surface area (Å²) in [5, 5.41) is 3.77. The van der Waals surface area contributed by atoms with Crippen LogP contribution in [0.2, 0.25) is 0 Å². The van der Waals surface area contributed by atoms with Crippen molar-refractivity contribution in [3.63, 3.8) is 0 Å². The molecule has 2 rings (SSSR count). The van der Waals surface area contributed by atoms with Crippen LogP contribution in [-0.2, 0) is 0 Å². The second-order valence-corrected chi connectivity index (χ2v) is 5.84. The van der Waals surface area contributed by atoms with Gasteiger partial charge in [-0.15, -0.1) is 0 Å². The molecule has 0 bridgehead atoms. The Bertz CT molecular complexity index is 425. The first kappa shape index (κ1) is 15.3. The van der Waals surface area contributed by atoms with Crippen LogP contribution in [0.4, 0.5) is 0 Å². The van der Waals surface area contributed by atoms with Crippen molar-refractivity contribution in [1.82, 2.24) is 10.2 Å². The van der Waals surface area contributed by atoms with Gasteiger partial charge in [-0.1, -0.05) is 19.1 Å². The van der Waals surface area contributed by atoms with Crippen LogP contribution in [0.25, 0.3) is 0 Å². The molecule has 20 heavy (non-hydrogen) atoms. The quantitative estimate of drug-likeness (QED) is 0.894. The van der Waals surface area contributed by atoms with Crippen LogP contribution in [0.1, 0.15) is 43.9 Å². The van der Waals surface area contributed by atoms with E-state index in [9.17, 15) is 0 Å². The Morgan fingerprint density at radius 3 is 2.65 bits per heavy atom. The summed E-state index contributed by atoms with van der Waals surface area (Å²) in [7, 11) is 1.75. The Balaban J connectivity index is 1.96. The van der Waals surface area contributed by atoms with Gasteiger partial charge < -0.3 is 15.0 Å². The fourth-order valence-electron chi connectivity index (χ4n) is 3.04. The normalized spacial score (nSPS) is 19.0. The summed E-state index contributed by atoms with van der Waals surface area (Å²) >= 11 is 0. The van der Waals surface area contributed by atoms with Crippen molar-refractivity contribution in [3.8, 4) is 5.75 Å². The third-order valence-corrected chi connectivity index (χ3v) is 4.38. The summed E-state index contributed by atoms with van der Waals surface area (Å²) < 4.78 is 5.52. The fraction of sp³-hybridized carbons (Fsp3) is 0.647. The maximum Gasteiger partial charge on any atom is 0.123 e. The van der Waals surface area contributed by atoms with Crippen molar-refractivity contribution in [1.29, 1.82) is 0 Å². The summed E-state index contributed by atoms with van der Waals surface area (Å²) in [6.07, 6.45) is 2.48. The van der Waals surface area contributed by atoms with Gasteiger partial charge in [-0.05, 0) is 58.0 Å². The van der Waals surface area contributed by atoms with E-state index in [1.807, 2.05) is 0 Å². The van der Waals surface area contributed by atoms with Crippen molar-refractivity contribution in [2.75, 3.05) is 26.7 Å². The molecule has 112 valence electrons. The lowest BCUT2D eigenvalue weighted by molar-refractivity contribution is 0.200. The number of rotatable bonds is 5. The molecular weight excluding hydrogens is 248 g/mol. The van der Waals surface area contributed by atoms with E-state index in [2.05, 4.69) is 49.2 Å². The van der Waals surface area contributed by atoms with Crippen LogP contribution in [0, 0.1) is 6.92 Å². The molecule has 0 amide bonds. The van der Waals surface area contributed by atoms with E-state index in [0.29, 0.717) is 12.1 Å². The van der Waals surface area contributed by atoms with Crippen molar-refractivity contribution in [2.24, 2.45) is 0 Å². The lowest BCUT2D eigenvalue weighted by Gasteiger charge is -2.33. The highest BCUT2D eigenvalue weighted by Gasteiger charge is 2.21. The van der Waals surface area contributed by atoms with Crippen LogP contribution in [0.5, 0.6) is 5.75 Å². The number of nitrogens with one attached hydrogen (secondary N) is 1. The first-order valence-electron chi connectivity index (χ1n) is 7.77. The zero-order valence-electron chi connectivity index (χ0n) is 13.3. The molecular formula is C17H28N2O. The molecule has 0 spiro atoms. The maximum absolute atomic E-state index is 5.52. The SMILES string of the molecule is CCN1CCC(NC(C)c2ccc(C)cc2OC)CC1. The van der Waals surface area contributed by atoms with Gasteiger partial charge in [0.2, 0.25) is 0 Å². The molecule has 1 aliphatic rings. The molecule has 0 radical (unpaired) electrons. The first-order chi connectivity index (χ1) is 9.63. The molecule has 0 aromatic heterocycles. The minimum absolute atomic E-state index is 0.337. The number of benzene rings is 1.